The summed E-state index contributed by atoms with van der Waals surface area (Å²) in [6, 6.07) is 8.39. The van der Waals surface area contributed by atoms with Crippen molar-refractivity contribution in [2.24, 2.45) is 0 Å². The lowest BCUT2D eigenvalue weighted by atomic mass is 9.95. The Kier molecular flexibility index (Phi) is 3.44. The van der Waals surface area contributed by atoms with E-state index in [9.17, 15) is 4.79 Å². The van der Waals surface area contributed by atoms with Crippen molar-refractivity contribution in [2.45, 2.75) is 38.1 Å². The summed E-state index contributed by atoms with van der Waals surface area (Å²) < 4.78 is 0. The van der Waals surface area contributed by atoms with Crippen molar-refractivity contribution < 1.29 is 9.90 Å². The number of carboxylic acids is 1. The van der Waals surface area contributed by atoms with Crippen molar-refractivity contribution in [1.29, 1.82) is 0 Å². The summed E-state index contributed by atoms with van der Waals surface area (Å²) in [5, 5.41) is 12.2. The molecule has 2 N–H and O–H groups in total. The highest BCUT2D eigenvalue weighted by molar-refractivity contribution is 5.88. The Bertz CT molecular complexity index is 370. The second-order valence-electron chi connectivity index (χ2n) is 4.28. The van der Waals surface area contributed by atoms with Crippen molar-refractivity contribution in [3.63, 3.8) is 0 Å². The quantitative estimate of drug-likeness (QED) is 0.820. The molecule has 85 valence electrons. The van der Waals surface area contributed by atoms with Crippen molar-refractivity contribution >= 4 is 11.7 Å². The Morgan fingerprint density at radius 2 is 2.12 bits per heavy atom. The molecule has 3 heteroatoms. The highest BCUT2D eigenvalue weighted by Crippen LogP contribution is 2.21. The van der Waals surface area contributed by atoms with Gasteiger partial charge in [-0.05, 0) is 31.0 Å². The second-order valence-corrected chi connectivity index (χ2v) is 4.28. The summed E-state index contributed by atoms with van der Waals surface area (Å²) in [4.78, 5) is 10.8. The van der Waals surface area contributed by atoms with E-state index in [1.165, 1.54) is 32.1 Å². The van der Waals surface area contributed by atoms with Crippen LogP contribution in [0.1, 0.15) is 42.5 Å². The molecule has 1 aliphatic rings. The molecule has 0 aromatic heterocycles. The van der Waals surface area contributed by atoms with Crippen LogP contribution < -0.4 is 5.32 Å². The minimum atomic E-state index is -0.924. The van der Waals surface area contributed by atoms with Crippen molar-refractivity contribution in [2.75, 3.05) is 5.32 Å². The molecule has 0 bridgehead atoms. The Hall–Kier alpha value is -1.51. The van der Waals surface area contributed by atoms with E-state index in [0.717, 1.165) is 5.69 Å². The lowest BCUT2D eigenvalue weighted by Crippen LogP contribution is -2.22. The fourth-order valence-corrected chi connectivity index (χ4v) is 2.16. The second kappa shape index (κ2) is 5.01. The molecule has 1 fully saturated rings. The van der Waals surface area contributed by atoms with Crippen LogP contribution in [0, 0.1) is 6.07 Å². The molecular weight excluding hydrogens is 202 g/mol. The molecule has 1 saturated carbocycles. The van der Waals surface area contributed by atoms with Gasteiger partial charge in [0.1, 0.15) is 0 Å². The molecule has 0 atom stereocenters. The molecule has 1 radical (unpaired) electrons. The predicted molar refractivity (Wildman–Crippen MR) is 62.7 cm³/mol. The van der Waals surface area contributed by atoms with E-state index in [0.29, 0.717) is 6.04 Å². The van der Waals surface area contributed by atoms with Gasteiger partial charge in [0.2, 0.25) is 0 Å². The number of anilines is 1. The number of hydrogen-bond acceptors (Lipinski definition) is 2. The molecule has 1 aromatic carbocycles. The number of benzene rings is 1. The molecule has 0 spiro atoms. The lowest BCUT2D eigenvalue weighted by Gasteiger charge is -2.23. The maximum Gasteiger partial charge on any atom is 0.336 e. The third-order valence-corrected chi connectivity index (χ3v) is 3.01. The normalized spacial score (nSPS) is 17.0. The number of hydrogen-bond donors (Lipinski definition) is 2. The maximum atomic E-state index is 10.8. The Balaban J connectivity index is 2.02. The number of rotatable bonds is 3. The first kappa shape index (κ1) is 11.0. The number of aromatic carboxylic acids is 1. The minimum absolute atomic E-state index is 0.223. The topological polar surface area (TPSA) is 49.3 Å². The highest BCUT2D eigenvalue weighted by Gasteiger charge is 2.13. The van der Waals surface area contributed by atoms with Gasteiger partial charge >= 0.3 is 5.97 Å². The SMILES string of the molecule is O=C(O)c1[c]ccc(NC2CCCCC2)c1. The van der Waals surface area contributed by atoms with Crippen LogP contribution in [0.25, 0.3) is 0 Å². The molecule has 16 heavy (non-hydrogen) atoms. The van der Waals surface area contributed by atoms with E-state index in [4.69, 9.17) is 5.11 Å². The van der Waals surface area contributed by atoms with Gasteiger partial charge in [0.25, 0.3) is 0 Å². The van der Waals surface area contributed by atoms with E-state index < -0.39 is 5.97 Å². The van der Waals surface area contributed by atoms with Gasteiger partial charge in [0, 0.05) is 11.7 Å². The highest BCUT2D eigenvalue weighted by atomic mass is 16.4. The molecule has 0 aliphatic heterocycles. The summed E-state index contributed by atoms with van der Waals surface area (Å²) in [6.45, 7) is 0. The maximum absolute atomic E-state index is 10.8. The van der Waals surface area contributed by atoms with E-state index in [-0.39, 0.29) is 5.56 Å². The number of nitrogens with one attached hydrogen (secondary N) is 1. The molecule has 1 aliphatic carbocycles. The fourth-order valence-electron chi connectivity index (χ4n) is 2.16. The van der Waals surface area contributed by atoms with Crippen LogP contribution in [0.2, 0.25) is 0 Å². The van der Waals surface area contributed by atoms with Crippen LogP contribution >= 0.6 is 0 Å². The van der Waals surface area contributed by atoms with Crippen LogP contribution in [0.5, 0.6) is 0 Å². The summed E-state index contributed by atoms with van der Waals surface area (Å²) >= 11 is 0. The van der Waals surface area contributed by atoms with Gasteiger partial charge in [-0.2, -0.15) is 0 Å². The average Bonchev–Trinajstić information content (AvgIpc) is 2.30. The summed E-state index contributed by atoms with van der Waals surface area (Å²) in [5.41, 5.74) is 1.11. The molecule has 0 heterocycles. The van der Waals surface area contributed by atoms with Crippen molar-refractivity contribution in [3.8, 4) is 0 Å². The first-order valence-electron chi connectivity index (χ1n) is 5.77. The minimum Gasteiger partial charge on any atom is -0.478 e. The standard InChI is InChI=1S/C13H16NO2/c15-13(16)10-5-4-8-12(9-10)14-11-6-2-1-3-7-11/h4,8-9,11,14H,1-3,6-7H2,(H,15,16). The van der Waals surface area contributed by atoms with Crippen LogP contribution in [-0.4, -0.2) is 17.1 Å². The zero-order valence-electron chi connectivity index (χ0n) is 9.20. The molecule has 1 aromatic rings. The zero-order chi connectivity index (χ0) is 11.4. The summed E-state index contributed by atoms with van der Waals surface area (Å²) in [5.74, 6) is -0.924. The average molecular weight is 218 g/mol. The molecule has 0 amide bonds. The number of carboxylic acid groups (broad SMARTS) is 1. The molecule has 3 nitrogen and oxygen atoms in total. The summed E-state index contributed by atoms with van der Waals surface area (Å²) in [7, 11) is 0. The van der Waals surface area contributed by atoms with E-state index in [1.807, 2.05) is 6.07 Å². The predicted octanol–water partition coefficient (Wildman–Crippen LogP) is 2.93. The van der Waals surface area contributed by atoms with Gasteiger partial charge in [-0.1, -0.05) is 25.3 Å². The third kappa shape index (κ3) is 2.75. The Labute approximate surface area is 95.5 Å². The van der Waals surface area contributed by atoms with Gasteiger partial charge in [0.05, 0.1) is 5.56 Å². The Morgan fingerprint density at radius 3 is 2.81 bits per heavy atom. The lowest BCUT2D eigenvalue weighted by molar-refractivity contribution is 0.0696. The van der Waals surface area contributed by atoms with Crippen LogP contribution in [0.4, 0.5) is 5.69 Å². The van der Waals surface area contributed by atoms with Gasteiger partial charge < -0.3 is 10.4 Å². The smallest absolute Gasteiger partial charge is 0.336 e. The van der Waals surface area contributed by atoms with Crippen LogP contribution in [0.3, 0.4) is 0 Å². The van der Waals surface area contributed by atoms with Gasteiger partial charge in [0.15, 0.2) is 0 Å². The Morgan fingerprint density at radius 1 is 1.38 bits per heavy atom. The van der Waals surface area contributed by atoms with Gasteiger partial charge in [-0.15, -0.1) is 0 Å². The molecular formula is C13H16NO2. The largest absolute Gasteiger partial charge is 0.478 e. The van der Waals surface area contributed by atoms with Crippen molar-refractivity contribution in [3.05, 3.63) is 29.8 Å². The third-order valence-electron chi connectivity index (χ3n) is 3.01. The van der Waals surface area contributed by atoms with Gasteiger partial charge in [-0.3, -0.25) is 0 Å². The summed E-state index contributed by atoms with van der Waals surface area (Å²) in [6.07, 6.45) is 6.22. The van der Waals surface area contributed by atoms with Crippen molar-refractivity contribution in [1.82, 2.24) is 0 Å². The zero-order valence-corrected chi connectivity index (χ0v) is 9.20. The first-order valence-corrected chi connectivity index (χ1v) is 5.77. The van der Waals surface area contributed by atoms with E-state index in [2.05, 4.69) is 11.4 Å². The first-order chi connectivity index (χ1) is 7.75. The van der Waals surface area contributed by atoms with Crippen LogP contribution in [0.15, 0.2) is 18.2 Å². The number of carbonyl (C=O) groups is 1. The monoisotopic (exact) mass is 218 g/mol. The fraction of sp³-hybridized carbons (Fsp3) is 0.462. The van der Waals surface area contributed by atoms with E-state index in [1.54, 1.807) is 12.1 Å². The molecule has 0 unspecified atom stereocenters. The van der Waals surface area contributed by atoms with Gasteiger partial charge in [-0.25, -0.2) is 4.79 Å². The van der Waals surface area contributed by atoms with Crippen LogP contribution in [-0.2, 0) is 0 Å². The molecule has 2 rings (SSSR count). The molecule has 0 saturated heterocycles. The van der Waals surface area contributed by atoms with E-state index >= 15 is 0 Å².